The highest BCUT2D eigenvalue weighted by molar-refractivity contribution is 5.18. The van der Waals surface area contributed by atoms with E-state index in [1.807, 2.05) is 18.2 Å². The fourth-order valence-electron chi connectivity index (χ4n) is 2.11. The highest BCUT2D eigenvalue weighted by atomic mass is 19.1. The van der Waals surface area contributed by atoms with E-state index in [1.54, 1.807) is 6.20 Å². The van der Waals surface area contributed by atoms with Crippen molar-refractivity contribution in [3.05, 3.63) is 65.5 Å². The predicted molar refractivity (Wildman–Crippen MR) is 76.6 cm³/mol. The Hall–Kier alpha value is -1.85. The standard InChI is InChI=1S/C16H18F2N2O/c17-14-4-5-16(18)13(8-14)10-19-9-12(11-21)7-15-3-1-2-6-20-15/h1-6,8,12,19,21H,7,9-11H2. The average Bonchev–Trinajstić information content (AvgIpc) is 2.50. The summed E-state index contributed by atoms with van der Waals surface area (Å²) in [6.45, 7) is 0.737. The monoisotopic (exact) mass is 292 g/mol. The molecule has 1 atom stereocenters. The van der Waals surface area contributed by atoms with Crippen LogP contribution in [0, 0.1) is 17.6 Å². The second kappa shape index (κ2) is 7.81. The molecular formula is C16H18F2N2O. The van der Waals surface area contributed by atoms with Crippen LogP contribution >= 0.6 is 0 Å². The molecule has 2 rings (SSSR count). The summed E-state index contributed by atoms with van der Waals surface area (Å²) in [6.07, 6.45) is 2.34. The molecule has 21 heavy (non-hydrogen) atoms. The van der Waals surface area contributed by atoms with Gasteiger partial charge in [0, 0.05) is 37.2 Å². The van der Waals surface area contributed by atoms with Crippen molar-refractivity contribution in [2.24, 2.45) is 5.92 Å². The van der Waals surface area contributed by atoms with Gasteiger partial charge in [-0.2, -0.15) is 0 Å². The van der Waals surface area contributed by atoms with Gasteiger partial charge in [-0.3, -0.25) is 4.98 Å². The number of rotatable bonds is 7. The lowest BCUT2D eigenvalue weighted by Gasteiger charge is -2.15. The number of benzene rings is 1. The number of nitrogens with zero attached hydrogens (tertiary/aromatic N) is 1. The van der Waals surface area contributed by atoms with Gasteiger partial charge < -0.3 is 10.4 Å². The Labute approximate surface area is 122 Å². The van der Waals surface area contributed by atoms with Gasteiger partial charge in [-0.05, 0) is 42.7 Å². The maximum atomic E-state index is 13.5. The van der Waals surface area contributed by atoms with Gasteiger partial charge >= 0.3 is 0 Å². The molecule has 0 spiro atoms. The molecule has 0 amide bonds. The molecule has 1 aromatic heterocycles. The van der Waals surface area contributed by atoms with Crippen molar-refractivity contribution >= 4 is 0 Å². The van der Waals surface area contributed by atoms with Gasteiger partial charge in [-0.25, -0.2) is 8.78 Å². The topological polar surface area (TPSA) is 45.1 Å². The van der Waals surface area contributed by atoms with Crippen LogP contribution in [-0.4, -0.2) is 23.2 Å². The lowest BCUT2D eigenvalue weighted by molar-refractivity contribution is 0.220. The largest absolute Gasteiger partial charge is 0.396 e. The van der Waals surface area contributed by atoms with Gasteiger partial charge in [0.25, 0.3) is 0 Å². The quantitative estimate of drug-likeness (QED) is 0.823. The normalized spacial score (nSPS) is 12.3. The zero-order valence-electron chi connectivity index (χ0n) is 11.6. The Morgan fingerprint density at radius 3 is 2.76 bits per heavy atom. The summed E-state index contributed by atoms with van der Waals surface area (Å²) in [6, 6.07) is 9.01. The summed E-state index contributed by atoms with van der Waals surface area (Å²) in [5.41, 5.74) is 1.18. The number of hydrogen-bond acceptors (Lipinski definition) is 3. The number of aromatic nitrogens is 1. The molecule has 0 aliphatic carbocycles. The van der Waals surface area contributed by atoms with Crippen LogP contribution in [-0.2, 0) is 13.0 Å². The second-order valence-electron chi connectivity index (χ2n) is 4.94. The summed E-state index contributed by atoms with van der Waals surface area (Å²) in [5, 5.41) is 12.4. The van der Waals surface area contributed by atoms with E-state index in [2.05, 4.69) is 10.3 Å². The van der Waals surface area contributed by atoms with Crippen LogP contribution in [0.3, 0.4) is 0 Å². The van der Waals surface area contributed by atoms with Crippen molar-refractivity contribution < 1.29 is 13.9 Å². The molecule has 112 valence electrons. The maximum Gasteiger partial charge on any atom is 0.127 e. The summed E-state index contributed by atoms with van der Waals surface area (Å²) < 4.78 is 26.5. The number of nitrogens with one attached hydrogen (secondary N) is 1. The fraction of sp³-hybridized carbons (Fsp3) is 0.312. The molecule has 5 heteroatoms. The first-order valence-corrected chi connectivity index (χ1v) is 6.84. The number of aliphatic hydroxyl groups excluding tert-OH is 1. The molecule has 0 saturated carbocycles. The third-order valence-corrected chi connectivity index (χ3v) is 3.24. The molecule has 0 saturated heterocycles. The number of halogens is 2. The van der Waals surface area contributed by atoms with Crippen LogP contribution in [0.4, 0.5) is 8.78 Å². The molecule has 1 aromatic carbocycles. The van der Waals surface area contributed by atoms with E-state index in [0.29, 0.717) is 13.0 Å². The molecule has 0 bridgehead atoms. The number of aliphatic hydroxyl groups is 1. The summed E-state index contributed by atoms with van der Waals surface area (Å²) >= 11 is 0. The smallest absolute Gasteiger partial charge is 0.127 e. The molecular weight excluding hydrogens is 274 g/mol. The van der Waals surface area contributed by atoms with Crippen molar-refractivity contribution in [2.75, 3.05) is 13.2 Å². The van der Waals surface area contributed by atoms with E-state index in [-0.39, 0.29) is 24.6 Å². The SMILES string of the molecule is OCC(CNCc1cc(F)ccc1F)Cc1ccccn1. The van der Waals surface area contributed by atoms with Crippen molar-refractivity contribution in [3.8, 4) is 0 Å². The molecule has 0 aliphatic heterocycles. The van der Waals surface area contributed by atoms with Crippen molar-refractivity contribution in [2.45, 2.75) is 13.0 Å². The first-order valence-electron chi connectivity index (χ1n) is 6.84. The van der Waals surface area contributed by atoms with Crippen LogP contribution in [0.25, 0.3) is 0 Å². The Morgan fingerprint density at radius 2 is 2.05 bits per heavy atom. The number of pyridine rings is 1. The van der Waals surface area contributed by atoms with Crippen LogP contribution in [0.2, 0.25) is 0 Å². The lowest BCUT2D eigenvalue weighted by Crippen LogP contribution is -2.27. The van der Waals surface area contributed by atoms with Crippen LogP contribution in [0.1, 0.15) is 11.3 Å². The average molecular weight is 292 g/mol. The van der Waals surface area contributed by atoms with Crippen molar-refractivity contribution in [1.29, 1.82) is 0 Å². The Balaban J connectivity index is 1.84. The van der Waals surface area contributed by atoms with E-state index in [1.165, 1.54) is 6.07 Å². The summed E-state index contributed by atoms with van der Waals surface area (Å²) in [7, 11) is 0. The number of hydrogen-bond donors (Lipinski definition) is 2. The lowest BCUT2D eigenvalue weighted by atomic mass is 10.0. The van der Waals surface area contributed by atoms with Gasteiger partial charge in [0.1, 0.15) is 11.6 Å². The zero-order chi connectivity index (χ0) is 15.1. The van der Waals surface area contributed by atoms with E-state index in [4.69, 9.17) is 0 Å². The van der Waals surface area contributed by atoms with E-state index in [0.717, 1.165) is 17.8 Å². The minimum absolute atomic E-state index is 0.00913. The van der Waals surface area contributed by atoms with Crippen molar-refractivity contribution in [1.82, 2.24) is 10.3 Å². The first kappa shape index (κ1) is 15.5. The Morgan fingerprint density at radius 1 is 1.19 bits per heavy atom. The van der Waals surface area contributed by atoms with Crippen molar-refractivity contribution in [3.63, 3.8) is 0 Å². The Kier molecular flexibility index (Phi) is 5.78. The minimum Gasteiger partial charge on any atom is -0.396 e. The van der Waals surface area contributed by atoms with Gasteiger partial charge in [0.15, 0.2) is 0 Å². The van der Waals surface area contributed by atoms with Crippen LogP contribution < -0.4 is 5.32 Å². The fourth-order valence-corrected chi connectivity index (χ4v) is 2.11. The van der Waals surface area contributed by atoms with Crippen LogP contribution in [0.5, 0.6) is 0 Å². The van der Waals surface area contributed by atoms with E-state index in [9.17, 15) is 13.9 Å². The summed E-state index contributed by atoms with van der Waals surface area (Å²) in [4.78, 5) is 4.21. The highest BCUT2D eigenvalue weighted by Crippen LogP contribution is 2.10. The van der Waals surface area contributed by atoms with Gasteiger partial charge in [0.2, 0.25) is 0 Å². The van der Waals surface area contributed by atoms with E-state index < -0.39 is 11.6 Å². The highest BCUT2D eigenvalue weighted by Gasteiger charge is 2.10. The molecule has 0 fully saturated rings. The first-order chi connectivity index (χ1) is 10.2. The molecule has 1 heterocycles. The Bertz CT molecular complexity index is 563. The molecule has 2 aromatic rings. The molecule has 2 N–H and O–H groups in total. The second-order valence-corrected chi connectivity index (χ2v) is 4.94. The molecule has 0 aliphatic rings. The zero-order valence-corrected chi connectivity index (χ0v) is 11.6. The maximum absolute atomic E-state index is 13.5. The third kappa shape index (κ3) is 4.88. The molecule has 3 nitrogen and oxygen atoms in total. The summed E-state index contributed by atoms with van der Waals surface area (Å²) in [5.74, 6) is -0.911. The van der Waals surface area contributed by atoms with E-state index >= 15 is 0 Å². The minimum atomic E-state index is -0.458. The molecule has 1 unspecified atom stereocenters. The molecule has 0 radical (unpaired) electrons. The van der Waals surface area contributed by atoms with Crippen LogP contribution in [0.15, 0.2) is 42.6 Å². The van der Waals surface area contributed by atoms with Gasteiger partial charge in [0.05, 0.1) is 0 Å². The predicted octanol–water partition coefficient (Wildman–Crippen LogP) is 2.30. The van der Waals surface area contributed by atoms with Gasteiger partial charge in [-0.15, -0.1) is 0 Å². The van der Waals surface area contributed by atoms with Gasteiger partial charge in [-0.1, -0.05) is 6.07 Å². The third-order valence-electron chi connectivity index (χ3n) is 3.24.